The van der Waals surface area contributed by atoms with Crippen molar-refractivity contribution in [2.75, 3.05) is 30.0 Å². The average molecular weight is 474 g/mol. The highest BCUT2D eigenvalue weighted by Gasteiger charge is 2.35. The van der Waals surface area contributed by atoms with Gasteiger partial charge < -0.3 is 20.3 Å². The summed E-state index contributed by atoms with van der Waals surface area (Å²) in [5.74, 6) is -0.126. The average Bonchev–Trinajstić information content (AvgIpc) is 3.26. The van der Waals surface area contributed by atoms with Gasteiger partial charge in [0.25, 0.3) is 11.8 Å². The van der Waals surface area contributed by atoms with Crippen molar-refractivity contribution in [2.24, 2.45) is 5.73 Å². The summed E-state index contributed by atoms with van der Waals surface area (Å²) in [6.45, 7) is 3.04. The Labute approximate surface area is 203 Å². The van der Waals surface area contributed by atoms with Crippen molar-refractivity contribution >= 4 is 29.1 Å². The second-order valence-electron chi connectivity index (χ2n) is 8.83. The standard InChI is InChI=1S/C26H27N5O4/c1-16-15-18(29-13-4-3-5-22(29)32)8-11-21(16)30-14-12-20-23(25(27)33)28-31(24(20)26(30)34)17-6-9-19(35-2)10-7-17/h6-11,15H,3-5,12-14H2,1-2H3,(H2,27,33). The highest BCUT2D eigenvalue weighted by molar-refractivity contribution is 6.10. The Morgan fingerprint density at radius 3 is 2.37 bits per heavy atom. The molecule has 2 N–H and O–H groups in total. The highest BCUT2D eigenvalue weighted by Crippen LogP contribution is 2.33. The van der Waals surface area contributed by atoms with E-state index in [1.165, 1.54) is 4.68 Å². The number of carbonyl (C=O) groups is 3. The van der Waals surface area contributed by atoms with Gasteiger partial charge in [0.15, 0.2) is 5.69 Å². The molecular weight excluding hydrogens is 446 g/mol. The van der Waals surface area contributed by atoms with Crippen molar-refractivity contribution in [3.63, 3.8) is 0 Å². The molecule has 3 aromatic rings. The second kappa shape index (κ2) is 8.90. The Kier molecular flexibility index (Phi) is 5.76. The number of ether oxygens (including phenoxy) is 1. The highest BCUT2D eigenvalue weighted by atomic mass is 16.5. The Hall–Kier alpha value is -4.14. The molecule has 9 heteroatoms. The normalized spacial score (nSPS) is 15.8. The minimum Gasteiger partial charge on any atom is -0.497 e. The number of hydrogen-bond donors (Lipinski definition) is 1. The van der Waals surface area contributed by atoms with Gasteiger partial charge in [-0.05, 0) is 74.2 Å². The number of methoxy groups -OCH3 is 1. The predicted octanol–water partition coefficient (Wildman–Crippen LogP) is 3.01. The van der Waals surface area contributed by atoms with Gasteiger partial charge in [-0.15, -0.1) is 0 Å². The molecule has 0 unspecified atom stereocenters. The van der Waals surface area contributed by atoms with E-state index in [-0.39, 0.29) is 17.5 Å². The fourth-order valence-corrected chi connectivity index (χ4v) is 4.89. The van der Waals surface area contributed by atoms with Crippen molar-refractivity contribution < 1.29 is 19.1 Å². The zero-order valence-electron chi connectivity index (χ0n) is 19.8. The maximum absolute atomic E-state index is 13.8. The molecule has 0 saturated carbocycles. The number of fused-ring (bicyclic) bond motifs is 1. The lowest BCUT2D eigenvalue weighted by Crippen LogP contribution is -2.39. The topological polar surface area (TPSA) is 111 Å². The molecule has 5 rings (SSSR count). The Morgan fingerprint density at radius 1 is 0.971 bits per heavy atom. The molecule has 0 bridgehead atoms. The van der Waals surface area contributed by atoms with Gasteiger partial charge in [0.1, 0.15) is 11.4 Å². The molecule has 3 amide bonds. The number of hydrogen-bond acceptors (Lipinski definition) is 5. The molecule has 1 saturated heterocycles. The molecule has 2 aromatic carbocycles. The van der Waals surface area contributed by atoms with Crippen molar-refractivity contribution in [2.45, 2.75) is 32.6 Å². The lowest BCUT2D eigenvalue weighted by Gasteiger charge is -2.31. The van der Waals surface area contributed by atoms with Crippen LogP contribution in [0.1, 0.15) is 51.4 Å². The van der Waals surface area contributed by atoms with Gasteiger partial charge in [0.2, 0.25) is 5.91 Å². The minimum atomic E-state index is -0.665. The zero-order valence-corrected chi connectivity index (χ0v) is 19.8. The summed E-state index contributed by atoms with van der Waals surface area (Å²) < 4.78 is 6.71. The third-order valence-corrected chi connectivity index (χ3v) is 6.67. The first kappa shape index (κ1) is 22.6. The summed E-state index contributed by atoms with van der Waals surface area (Å²) in [5, 5.41) is 4.41. The maximum Gasteiger partial charge on any atom is 0.277 e. The quantitative estimate of drug-likeness (QED) is 0.612. The summed E-state index contributed by atoms with van der Waals surface area (Å²) in [4.78, 5) is 41.8. The molecule has 3 heterocycles. The summed E-state index contributed by atoms with van der Waals surface area (Å²) in [6.07, 6.45) is 2.91. The molecule has 35 heavy (non-hydrogen) atoms. The van der Waals surface area contributed by atoms with E-state index in [1.807, 2.05) is 30.0 Å². The maximum atomic E-state index is 13.8. The smallest absolute Gasteiger partial charge is 0.277 e. The van der Waals surface area contributed by atoms with E-state index in [2.05, 4.69) is 5.10 Å². The van der Waals surface area contributed by atoms with E-state index in [0.717, 1.165) is 29.8 Å². The van der Waals surface area contributed by atoms with Crippen molar-refractivity contribution in [3.8, 4) is 11.4 Å². The number of piperidine rings is 1. The van der Waals surface area contributed by atoms with E-state index in [1.54, 1.807) is 36.3 Å². The van der Waals surface area contributed by atoms with Gasteiger partial charge in [0, 0.05) is 36.4 Å². The summed E-state index contributed by atoms with van der Waals surface area (Å²) in [5.41, 5.74) is 9.72. The van der Waals surface area contributed by atoms with Crippen LogP contribution in [0, 0.1) is 6.92 Å². The Balaban J connectivity index is 1.53. The first-order valence-corrected chi connectivity index (χ1v) is 11.7. The molecular formula is C26H27N5O4. The lowest BCUT2D eigenvalue weighted by molar-refractivity contribution is -0.119. The molecule has 0 spiro atoms. The molecule has 1 aromatic heterocycles. The van der Waals surface area contributed by atoms with E-state index >= 15 is 0 Å². The number of benzene rings is 2. The van der Waals surface area contributed by atoms with E-state index in [0.29, 0.717) is 48.6 Å². The van der Waals surface area contributed by atoms with Crippen LogP contribution in [0.3, 0.4) is 0 Å². The predicted molar refractivity (Wildman–Crippen MR) is 131 cm³/mol. The number of anilines is 2. The molecule has 1 fully saturated rings. The SMILES string of the molecule is COc1ccc(-n2nc(C(N)=O)c3c2C(=O)N(c2ccc(N4CCCCC4=O)cc2C)CC3)cc1. The summed E-state index contributed by atoms with van der Waals surface area (Å²) in [7, 11) is 1.58. The van der Waals surface area contributed by atoms with Crippen molar-refractivity contribution in [3.05, 3.63) is 65.0 Å². The fraction of sp³-hybridized carbons (Fsp3) is 0.308. The fourth-order valence-electron chi connectivity index (χ4n) is 4.89. The Bertz CT molecular complexity index is 1330. The number of nitrogens with two attached hydrogens (primary N) is 1. The van der Waals surface area contributed by atoms with Crippen LogP contribution in [-0.2, 0) is 11.2 Å². The molecule has 180 valence electrons. The van der Waals surface area contributed by atoms with Gasteiger partial charge in [-0.25, -0.2) is 4.68 Å². The summed E-state index contributed by atoms with van der Waals surface area (Å²) >= 11 is 0. The molecule has 0 atom stereocenters. The monoisotopic (exact) mass is 473 g/mol. The number of amides is 3. The van der Waals surface area contributed by atoms with Crippen LogP contribution < -0.4 is 20.3 Å². The number of rotatable bonds is 5. The van der Waals surface area contributed by atoms with Gasteiger partial charge in [-0.1, -0.05) is 0 Å². The van der Waals surface area contributed by atoms with Crippen LogP contribution in [0.15, 0.2) is 42.5 Å². The van der Waals surface area contributed by atoms with Gasteiger partial charge >= 0.3 is 0 Å². The van der Waals surface area contributed by atoms with Crippen LogP contribution in [0.5, 0.6) is 5.75 Å². The number of nitrogens with zero attached hydrogens (tertiary/aromatic N) is 4. The zero-order chi connectivity index (χ0) is 24.7. The molecule has 0 radical (unpaired) electrons. The molecule has 9 nitrogen and oxygen atoms in total. The van der Waals surface area contributed by atoms with Crippen LogP contribution >= 0.6 is 0 Å². The largest absolute Gasteiger partial charge is 0.497 e. The molecule has 2 aliphatic heterocycles. The van der Waals surface area contributed by atoms with E-state index in [9.17, 15) is 14.4 Å². The summed E-state index contributed by atoms with van der Waals surface area (Å²) in [6, 6.07) is 12.8. The first-order chi connectivity index (χ1) is 16.9. The third kappa shape index (κ3) is 3.92. The van der Waals surface area contributed by atoms with Gasteiger partial charge in [0.05, 0.1) is 12.8 Å². The first-order valence-electron chi connectivity index (χ1n) is 11.7. The van der Waals surface area contributed by atoms with Gasteiger partial charge in [-0.3, -0.25) is 14.4 Å². The molecule has 2 aliphatic rings. The number of carbonyl (C=O) groups excluding carboxylic acids is 3. The van der Waals surface area contributed by atoms with Crippen molar-refractivity contribution in [1.82, 2.24) is 9.78 Å². The van der Waals surface area contributed by atoms with Crippen LogP contribution in [0.4, 0.5) is 11.4 Å². The Morgan fingerprint density at radius 2 is 1.71 bits per heavy atom. The number of primary amides is 1. The minimum absolute atomic E-state index is 0.111. The second-order valence-corrected chi connectivity index (χ2v) is 8.83. The van der Waals surface area contributed by atoms with E-state index < -0.39 is 5.91 Å². The van der Waals surface area contributed by atoms with Crippen LogP contribution in [0.2, 0.25) is 0 Å². The lowest BCUT2D eigenvalue weighted by atomic mass is 10.0. The van der Waals surface area contributed by atoms with E-state index in [4.69, 9.17) is 10.5 Å². The number of aromatic nitrogens is 2. The molecule has 0 aliphatic carbocycles. The van der Waals surface area contributed by atoms with Crippen LogP contribution in [0.25, 0.3) is 5.69 Å². The number of aryl methyl sites for hydroxylation is 1. The van der Waals surface area contributed by atoms with Gasteiger partial charge in [-0.2, -0.15) is 5.10 Å². The van der Waals surface area contributed by atoms with Crippen LogP contribution in [-0.4, -0.2) is 47.7 Å². The third-order valence-electron chi connectivity index (χ3n) is 6.67. The van der Waals surface area contributed by atoms with Crippen molar-refractivity contribution in [1.29, 1.82) is 0 Å².